The fourth-order valence-corrected chi connectivity index (χ4v) is 5.17. The molecule has 196 valence electrons. The van der Waals surface area contributed by atoms with Gasteiger partial charge in [-0.1, -0.05) is 36.4 Å². The van der Waals surface area contributed by atoms with Gasteiger partial charge in [-0.3, -0.25) is 4.79 Å². The molecule has 0 aliphatic carbocycles. The van der Waals surface area contributed by atoms with Gasteiger partial charge in [-0.25, -0.2) is 4.98 Å². The van der Waals surface area contributed by atoms with E-state index < -0.39 is 5.60 Å². The molecule has 1 aliphatic heterocycles. The molecule has 2 heterocycles. The number of pyridine rings is 1. The van der Waals surface area contributed by atoms with Crippen LogP contribution in [0.3, 0.4) is 0 Å². The number of carbonyl (C=O) groups is 1. The van der Waals surface area contributed by atoms with E-state index in [0.29, 0.717) is 43.2 Å². The molecule has 0 bridgehead atoms. The van der Waals surface area contributed by atoms with Crippen molar-refractivity contribution in [2.75, 3.05) is 32.5 Å². The van der Waals surface area contributed by atoms with Crippen LogP contribution in [0.15, 0.2) is 66.9 Å². The van der Waals surface area contributed by atoms with Crippen LogP contribution in [0.4, 0.5) is 5.82 Å². The zero-order chi connectivity index (χ0) is 26.3. The molecule has 2 atom stereocenters. The Hall–Kier alpha value is -3.42. The number of ether oxygens (including phenoxy) is 2. The third-order valence-corrected chi connectivity index (χ3v) is 7.24. The van der Waals surface area contributed by atoms with Crippen molar-refractivity contribution < 1.29 is 19.4 Å². The molecule has 1 aromatic heterocycles. The molecule has 1 fully saturated rings. The molecule has 0 spiro atoms. The summed E-state index contributed by atoms with van der Waals surface area (Å²) in [6.07, 6.45) is 5.30. The number of unbranched alkanes of at least 4 members (excludes halogenated alkanes) is 1. The van der Waals surface area contributed by atoms with E-state index in [4.69, 9.17) is 15.2 Å². The van der Waals surface area contributed by atoms with E-state index >= 15 is 0 Å². The largest absolute Gasteiger partial charge is 0.457 e. The van der Waals surface area contributed by atoms with Gasteiger partial charge < -0.3 is 25.2 Å². The van der Waals surface area contributed by atoms with Crippen LogP contribution in [-0.2, 0) is 10.3 Å². The summed E-state index contributed by atoms with van der Waals surface area (Å²) in [7, 11) is 1.69. The van der Waals surface area contributed by atoms with Crippen molar-refractivity contribution in [1.82, 2.24) is 9.88 Å². The molecule has 0 saturated carbocycles. The Bertz CT molecular complexity index is 1180. The Morgan fingerprint density at radius 2 is 1.86 bits per heavy atom. The number of aromatic nitrogens is 1. The second kappa shape index (κ2) is 12.2. The molecule has 37 heavy (non-hydrogen) atoms. The third kappa shape index (κ3) is 6.29. The fourth-order valence-electron chi connectivity index (χ4n) is 5.17. The van der Waals surface area contributed by atoms with Crippen LogP contribution >= 0.6 is 0 Å². The van der Waals surface area contributed by atoms with Gasteiger partial charge in [0.05, 0.1) is 11.2 Å². The van der Waals surface area contributed by atoms with Crippen molar-refractivity contribution >= 4 is 11.7 Å². The zero-order valence-corrected chi connectivity index (χ0v) is 21.7. The second-order valence-corrected chi connectivity index (χ2v) is 9.80. The SMILES string of the molecule is COCCCCC(O)(c1ccccc1Oc1ccccc1C)C1CCCN(C(=O)c2ccc(N)nc2)C1. The van der Waals surface area contributed by atoms with Crippen molar-refractivity contribution in [2.45, 2.75) is 44.6 Å². The van der Waals surface area contributed by atoms with E-state index in [1.54, 1.807) is 19.2 Å². The maximum absolute atomic E-state index is 13.3. The number of piperidine rings is 1. The maximum Gasteiger partial charge on any atom is 0.255 e. The molecule has 2 unspecified atom stereocenters. The van der Waals surface area contributed by atoms with Gasteiger partial charge in [-0.2, -0.15) is 0 Å². The number of methoxy groups -OCH3 is 1. The van der Waals surface area contributed by atoms with E-state index in [1.807, 2.05) is 60.4 Å². The van der Waals surface area contributed by atoms with Gasteiger partial charge in [0.2, 0.25) is 0 Å². The number of anilines is 1. The number of nitrogens with zero attached hydrogens (tertiary/aromatic N) is 2. The zero-order valence-electron chi connectivity index (χ0n) is 21.7. The summed E-state index contributed by atoms with van der Waals surface area (Å²) in [5, 5.41) is 12.5. The molecule has 1 amide bonds. The number of hydrogen-bond acceptors (Lipinski definition) is 6. The molecule has 2 aromatic carbocycles. The maximum atomic E-state index is 13.3. The van der Waals surface area contributed by atoms with Crippen LogP contribution in [0.1, 0.15) is 53.6 Å². The molecular formula is C30H37N3O4. The average molecular weight is 504 g/mol. The van der Waals surface area contributed by atoms with Crippen LogP contribution < -0.4 is 10.5 Å². The predicted molar refractivity (Wildman–Crippen MR) is 145 cm³/mol. The quantitative estimate of drug-likeness (QED) is 0.363. The highest BCUT2D eigenvalue weighted by Crippen LogP contribution is 2.44. The summed E-state index contributed by atoms with van der Waals surface area (Å²) in [6.45, 7) is 3.73. The summed E-state index contributed by atoms with van der Waals surface area (Å²) >= 11 is 0. The highest BCUT2D eigenvalue weighted by molar-refractivity contribution is 5.94. The molecular weight excluding hydrogens is 466 g/mol. The van der Waals surface area contributed by atoms with Gasteiger partial charge in [-0.05, 0) is 68.9 Å². The Kier molecular flexibility index (Phi) is 8.79. The first kappa shape index (κ1) is 26.6. The fraction of sp³-hybridized carbons (Fsp3) is 0.400. The van der Waals surface area contributed by atoms with Gasteiger partial charge >= 0.3 is 0 Å². The van der Waals surface area contributed by atoms with Crippen molar-refractivity contribution in [1.29, 1.82) is 0 Å². The number of amides is 1. The number of carbonyl (C=O) groups excluding carboxylic acids is 1. The Labute approximate surface area is 219 Å². The van der Waals surface area contributed by atoms with E-state index in [1.165, 1.54) is 6.20 Å². The number of para-hydroxylation sites is 2. The Morgan fingerprint density at radius 1 is 1.11 bits per heavy atom. The van der Waals surface area contributed by atoms with Crippen LogP contribution in [0, 0.1) is 12.8 Å². The van der Waals surface area contributed by atoms with E-state index in [2.05, 4.69) is 4.98 Å². The van der Waals surface area contributed by atoms with E-state index in [-0.39, 0.29) is 11.8 Å². The summed E-state index contributed by atoms with van der Waals surface area (Å²) in [4.78, 5) is 19.2. The molecule has 7 heteroatoms. The lowest BCUT2D eigenvalue weighted by Gasteiger charge is -2.43. The van der Waals surface area contributed by atoms with Gasteiger partial charge in [0.1, 0.15) is 17.3 Å². The monoisotopic (exact) mass is 503 g/mol. The lowest BCUT2D eigenvalue weighted by Crippen LogP contribution is -2.48. The minimum Gasteiger partial charge on any atom is -0.457 e. The van der Waals surface area contributed by atoms with Crippen molar-refractivity contribution in [3.8, 4) is 11.5 Å². The number of rotatable bonds is 10. The average Bonchev–Trinajstić information content (AvgIpc) is 2.93. The molecule has 7 nitrogen and oxygen atoms in total. The van der Waals surface area contributed by atoms with Crippen LogP contribution in [-0.4, -0.2) is 47.7 Å². The van der Waals surface area contributed by atoms with Gasteiger partial charge in [0, 0.05) is 44.5 Å². The predicted octanol–water partition coefficient (Wildman–Crippen LogP) is 5.32. The number of nitrogens with two attached hydrogens (primary N) is 1. The number of likely N-dealkylation sites (tertiary alicyclic amines) is 1. The van der Waals surface area contributed by atoms with E-state index in [0.717, 1.165) is 42.6 Å². The van der Waals surface area contributed by atoms with Crippen LogP contribution in [0.5, 0.6) is 11.5 Å². The normalized spacial score (nSPS) is 17.3. The third-order valence-electron chi connectivity index (χ3n) is 7.24. The number of aryl methyl sites for hydroxylation is 1. The topological polar surface area (TPSA) is 97.9 Å². The lowest BCUT2D eigenvalue weighted by molar-refractivity contribution is -0.0589. The lowest BCUT2D eigenvalue weighted by atomic mass is 9.73. The van der Waals surface area contributed by atoms with Crippen LogP contribution in [0.25, 0.3) is 0 Å². The number of benzene rings is 2. The standard InChI is InChI=1S/C30H37N3O4/c1-22-10-3-5-13-26(22)37-27-14-6-4-12-25(27)30(35,17-7-8-19-36-2)24-11-9-18-33(21-24)29(34)23-15-16-28(31)32-20-23/h3-6,10,12-16,20,24,35H,7-9,11,17-19,21H2,1-2H3,(H2,31,32). The van der Waals surface area contributed by atoms with Gasteiger partial charge in [-0.15, -0.1) is 0 Å². The van der Waals surface area contributed by atoms with Crippen LogP contribution in [0.2, 0.25) is 0 Å². The second-order valence-electron chi connectivity index (χ2n) is 9.80. The summed E-state index contributed by atoms with van der Waals surface area (Å²) < 4.78 is 11.6. The van der Waals surface area contributed by atoms with Gasteiger partial charge in [0.25, 0.3) is 5.91 Å². The summed E-state index contributed by atoms with van der Waals surface area (Å²) in [5.41, 5.74) is 6.81. The smallest absolute Gasteiger partial charge is 0.255 e. The molecule has 4 rings (SSSR count). The van der Waals surface area contributed by atoms with E-state index in [9.17, 15) is 9.90 Å². The molecule has 3 aromatic rings. The summed E-state index contributed by atoms with van der Waals surface area (Å²) in [6, 6.07) is 18.9. The van der Waals surface area contributed by atoms with Gasteiger partial charge in [0.15, 0.2) is 0 Å². The highest BCUT2D eigenvalue weighted by Gasteiger charge is 2.43. The Morgan fingerprint density at radius 3 is 2.59 bits per heavy atom. The number of hydrogen-bond donors (Lipinski definition) is 2. The number of aliphatic hydroxyl groups is 1. The first-order valence-corrected chi connectivity index (χ1v) is 13.0. The molecule has 1 aliphatic rings. The highest BCUT2D eigenvalue weighted by atomic mass is 16.5. The van der Waals surface area contributed by atoms with Crippen molar-refractivity contribution in [3.63, 3.8) is 0 Å². The number of nitrogen functional groups attached to an aromatic ring is 1. The summed E-state index contributed by atoms with van der Waals surface area (Å²) in [5.74, 6) is 1.52. The molecule has 1 saturated heterocycles. The molecule has 3 N–H and O–H groups in total. The Balaban J connectivity index is 1.64. The minimum atomic E-state index is -1.18. The van der Waals surface area contributed by atoms with Crippen molar-refractivity contribution in [2.24, 2.45) is 5.92 Å². The van der Waals surface area contributed by atoms with Crippen molar-refractivity contribution in [3.05, 3.63) is 83.6 Å². The molecule has 0 radical (unpaired) electrons. The first-order chi connectivity index (χ1) is 17.9. The minimum absolute atomic E-state index is 0.0941. The first-order valence-electron chi connectivity index (χ1n) is 13.0.